The molecule has 222 valence electrons. The van der Waals surface area contributed by atoms with Gasteiger partial charge in [0.25, 0.3) is 0 Å². The first-order valence-corrected chi connectivity index (χ1v) is 14.9. The zero-order chi connectivity index (χ0) is 29.5. The van der Waals surface area contributed by atoms with Crippen molar-refractivity contribution in [2.24, 2.45) is 28.1 Å². The fraction of sp³-hybridized carbons (Fsp3) is 0.667. The highest BCUT2D eigenvalue weighted by molar-refractivity contribution is 5.87. The van der Waals surface area contributed by atoms with E-state index in [1.807, 2.05) is 13.0 Å². The fourth-order valence-electron chi connectivity index (χ4n) is 9.94. The zero-order valence-electron chi connectivity index (χ0n) is 25.1. The van der Waals surface area contributed by atoms with E-state index >= 15 is 0 Å². The SMILES string of the molecule is CC=C(C)C(=O)OC1CC(OC(C)=O)C2(C)COC3C4OC5CC(c6ccoc6)C(C)=C5C4(C)C(CC=O)C1(C)C32. The Morgan fingerprint density at radius 3 is 2.51 bits per heavy atom. The Labute approximate surface area is 241 Å². The standard InChI is InChI=1S/C33H42O8/c1-8-17(2)30(36)41-25-14-24(39-19(4)35)31(5)16-38-27-28(31)32(25,6)23(9-11-34)33(7)26-18(3)21(20-10-12-37-15-20)13-22(26)40-29(27)33/h8,10-12,15,21-25,27-29H,9,13-14,16H2,1-7H3. The second-order valence-corrected chi connectivity index (χ2v) is 13.5. The van der Waals surface area contributed by atoms with Crippen molar-refractivity contribution in [1.29, 1.82) is 0 Å². The Balaban J connectivity index is 1.52. The highest BCUT2D eigenvalue weighted by atomic mass is 16.6. The van der Waals surface area contributed by atoms with Crippen LogP contribution in [-0.4, -0.2) is 55.4 Å². The highest BCUT2D eigenvalue weighted by Gasteiger charge is 2.78. The molecule has 0 N–H and O–H groups in total. The van der Waals surface area contributed by atoms with Gasteiger partial charge in [0.05, 0.1) is 37.4 Å². The van der Waals surface area contributed by atoms with E-state index < -0.39 is 34.4 Å². The van der Waals surface area contributed by atoms with Crippen molar-refractivity contribution >= 4 is 18.2 Å². The van der Waals surface area contributed by atoms with Gasteiger partial charge in [-0.05, 0) is 50.3 Å². The van der Waals surface area contributed by atoms with Gasteiger partial charge in [-0.15, -0.1) is 0 Å². The average Bonchev–Trinajstić information content (AvgIpc) is 3.69. The molecule has 2 aliphatic heterocycles. The molecule has 0 spiro atoms. The Bertz CT molecular complexity index is 1310. The van der Waals surface area contributed by atoms with Crippen molar-refractivity contribution in [3.8, 4) is 0 Å². The first kappa shape index (κ1) is 28.4. The summed E-state index contributed by atoms with van der Waals surface area (Å²) in [6.45, 7) is 14.1. The number of fused-ring (bicyclic) bond motifs is 4. The zero-order valence-corrected chi connectivity index (χ0v) is 25.1. The molecular formula is C33H42O8. The number of carbonyl (C=O) groups is 3. The van der Waals surface area contributed by atoms with Gasteiger partial charge in [0, 0.05) is 53.4 Å². The van der Waals surface area contributed by atoms with Gasteiger partial charge in [0.2, 0.25) is 0 Å². The van der Waals surface area contributed by atoms with Crippen molar-refractivity contribution in [3.05, 3.63) is 47.0 Å². The number of ether oxygens (including phenoxy) is 4. The minimum Gasteiger partial charge on any atom is -0.472 e. The molecule has 1 aromatic heterocycles. The van der Waals surface area contributed by atoms with Gasteiger partial charge in [-0.2, -0.15) is 0 Å². The number of aldehydes is 1. The molecule has 6 rings (SSSR count). The minimum atomic E-state index is -0.651. The third-order valence-corrected chi connectivity index (χ3v) is 11.7. The van der Waals surface area contributed by atoms with Gasteiger partial charge in [0.15, 0.2) is 0 Å². The fourth-order valence-corrected chi connectivity index (χ4v) is 9.94. The van der Waals surface area contributed by atoms with E-state index in [9.17, 15) is 14.4 Å². The van der Waals surface area contributed by atoms with Crippen LogP contribution in [0.15, 0.2) is 45.8 Å². The molecule has 1 aromatic rings. The molecule has 0 amide bonds. The lowest BCUT2D eigenvalue weighted by molar-refractivity contribution is -0.249. The average molecular weight is 567 g/mol. The number of hydrogen-bond donors (Lipinski definition) is 0. The molecule has 8 heteroatoms. The van der Waals surface area contributed by atoms with Gasteiger partial charge < -0.3 is 28.2 Å². The van der Waals surface area contributed by atoms with Crippen molar-refractivity contribution < 1.29 is 37.7 Å². The molecule has 0 radical (unpaired) electrons. The summed E-state index contributed by atoms with van der Waals surface area (Å²) in [5.74, 6) is -0.951. The van der Waals surface area contributed by atoms with E-state index in [0.717, 1.165) is 18.3 Å². The summed E-state index contributed by atoms with van der Waals surface area (Å²) in [6, 6.07) is 2.01. The van der Waals surface area contributed by atoms with E-state index in [-0.39, 0.29) is 42.0 Å². The molecule has 8 nitrogen and oxygen atoms in total. The summed E-state index contributed by atoms with van der Waals surface area (Å²) in [4.78, 5) is 38.1. The summed E-state index contributed by atoms with van der Waals surface area (Å²) in [5.41, 5.74) is 2.43. The van der Waals surface area contributed by atoms with E-state index in [1.54, 1.807) is 25.5 Å². The number of rotatable bonds is 6. The van der Waals surface area contributed by atoms with Crippen LogP contribution in [-0.2, 0) is 33.3 Å². The Kier molecular flexibility index (Phi) is 6.70. The van der Waals surface area contributed by atoms with Gasteiger partial charge in [0.1, 0.15) is 18.5 Å². The van der Waals surface area contributed by atoms with Crippen molar-refractivity contribution in [3.63, 3.8) is 0 Å². The predicted molar refractivity (Wildman–Crippen MR) is 149 cm³/mol. The van der Waals surface area contributed by atoms with Crippen LogP contribution in [0.3, 0.4) is 0 Å². The molecule has 3 aliphatic carbocycles. The van der Waals surface area contributed by atoms with Gasteiger partial charge in [-0.1, -0.05) is 32.4 Å². The Hall–Kier alpha value is -2.71. The summed E-state index contributed by atoms with van der Waals surface area (Å²) in [7, 11) is 0. The van der Waals surface area contributed by atoms with Crippen LogP contribution in [0.5, 0.6) is 0 Å². The van der Waals surface area contributed by atoms with Crippen LogP contribution < -0.4 is 0 Å². The van der Waals surface area contributed by atoms with Crippen LogP contribution >= 0.6 is 0 Å². The summed E-state index contributed by atoms with van der Waals surface area (Å²) in [6.07, 6.45) is 5.91. The lowest BCUT2D eigenvalue weighted by Gasteiger charge is -2.65. The highest BCUT2D eigenvalue weighted by Crippen LogP contribution is 2.73. The van der Waals surface area contributed by atoms with E-state index in [1.165, 1.54) is 18.1 Å². The Morgan fingerprint density at radius 2 is 1.88 bits per heavy atom. The maximum atomic E-state index is 13.3. The molecular weight excluding hydrogens is 524 g/mol. The third-order valence-electron chi connectivity index (χ3n) is 11.7. The number of allylic oxidation sites excluding steroid dienone is 2. The number of esters is 2. The third kappa shape index (κ3) is 3.75. The van der Waals surface area contributed by atoms with Gasteiger partial charge in [-0.25, -0.2) is 4.79 Å². The number of furan rings is 1. The molecule has 0 aromatic carbocycles. The second-order valence-electron chi connectivity index (χ2n) is 13.5. The molecule has 2 saturated heterocycles. The molecule has 5 aliphatic rings. The van der Waals surface area contributed by atoms with E-state index in [2.05, 4.69) is 27.7 Å². The van der Waals surface area contributed by atoms with Crippen LogP contribution in [0.1, 0.15) is 79.2 Å². The van der Waals surface area contributed by atoms with E-state index in [0.29, 0.717) is 25.0 Å². The molecule has 11 atom stereocenters. The van der Waals surface area contributed by atoms with Gasteiger partial charge in [-0.3, -0.25) is 4.79 Å². The Morgan fingerprint density at radius 1 is 1.12 bits per heavy atom. The van der Waals surface area contributed by atoms with Gasteiger partial charge >= 0.3 is 11.9 Å². The molecule has 11 unspecified atom stereocenters. The molecule has 3 heterocycles. The first-order chi connectivity index (χ1) is 19.4. The van der Waals surface area contributed by atoms with Crippen molar-refractivity contribution in [1.82, 2.24) is 0 Å². The summed E-state index contributed by atoms with van der Waals surface area (Å²) >= 11 is 0. The molecule has 0 bridgehead atoms. The number of hydrogen-bond acceptors (Lipinski definition) is 8. The second kappa shape index (κ2) is 9.66. The topological polar surface area (TPSA) is 101 Å². The predicted octanol–water partition coefficient (Wildman–Crippen LogP) is 5.32. The van der Waals surface area contributed by atoms with Crippen molar-refractivity contribution in [2.45, 2.75) is 104 Å². The lowest BCUT2D eigenvalue weighted by Crippen LogP contribution is -2.71. The van der Waals surface area contributed by atoms with Crippen LogP contribution in [0.25, 0.3) is 0 Å². The molecule has 4 fully saturated rings. The van der Waals surface area contributed by atoms with Crippen LogP contribution in [0.4, 0.5) is 0 Å². The maximum Gasteiger partial charge on any atom is 0.333 e. The minimum absolute atomic E-state index is 0.103. The largest absolute Gasteiger partial charge is 0.472 e. The van der Waals surface area contributed by atoms with Crippen LogP contribution in [0.2, 0.25) is 0 Å². The molecule has 2 saturated carbocycles. The number of carbonyl (C=O) groups excluding carboxylic acids is 3. The monoisotopic (exact) mass is 566 g/mol. The quantitative estimate of drug-likeness (QED) is 0.197. The van der Waals surface area contributed by atoms with E-state index in [4.69, 9.17) is 23.4 Å². The van der Waals surface area contributed by atoms with Crippen LogP contribution in [0, 0.1) is 28.1 Å². The summed E-state index contributed by atoms with van der Waals surface area (Å²) in [5, 5.41) is 0. The first-order valence-electron chi connectivity index (χ1n) is 14.9. The molecule has 41 heavy (non-hydrogen) atoms. The summed E-state index contributed by atoms with van der Waals surface area (Å²) < 4.78 is 31.4. The smallest absolute Gasteiger partial charge is 0.333 e. The maximum absolute atomic E-state index is 13.3. The normalized spacial score (nSPS) is 44.7. The van der Waals surface area contributed by atoms with Crippen molar-refractivity contribution in [2.75, 3.05) is 6.61 Å². The lowest BCUT2D eigenvalue weighted by atomic mass is 9.40.